The van der Waals surface area contributed by atoms with E-state index in [1.165, 1.54) is 0 Å². The smallest absolute Gasteiger partial charge is 0.291 e. The largest absolute Gasteiger partial charge is 0.304 e. The Morgan fingerprint density at radius 3 is 2.39 bits per heavy atom. The van der Waals surface area contributed by atoms with Crippen LogP contribution in [0.3, 0.4) is 0 Å². The number of Topliss-reactive ketones (excluding diaryl/α,β-unsaturated/α-hetero) is 1. The first kappa shape index (κ1) is 12.7. The molecule has 1 saturated carbocycles. The Morgan fingerprint density at radius 1 is 1.22 bits per heavy atom. The Morgan fingerprint density at radius 2 is 1.83 bits per heavy atom. The Bertz CT molecular complexity index is 481. The minimum atomic E-state index is -1.55. The average Bonchev–Trinajstić information content (AvgIpc) is 2.33. The Balaban J connectivity index is 2.56. The monoisotopic (exact) mass is 247 g/mol. The number of rotatable bonds is 2. The van der Waals surface area contributed by atoms with Gasteiger partial charge in [0.05, 0.1) is 0 Å². The zero-order valence-corrected chi connectivity index (χ0v) is 10.7. The fourth-order valence-corrected chi connectivity index (χ4v) is 2.79. The number of nitro groups is 1. The van der Waals surface area contributed by atoms with Gasteiger partial charge in [0, 0.05) is 23.3 Å². The lowest BCUT2D eigenvalue weighted by atomic mass is 9.65. The first-order valence-electron chi connectivity index (χ1n) is 6.12. The first-order chi connectivity index (χ1) is 8.38. The van der Waals surface area contributed by atoms with E-state index in [2.05, 4.69) is 0 Å². The average molecular weight is 247 g/mol. The van der Waals surface area contributed by atoms with Crippen molar-refractivity contribution in [1.29, 1.82) is 0 Å². The van der Waals surface area contributed by atoms with E-state index in [0.29, 0.717) is 12.0 Å². The van der Waals surface area contributed by atoms with Crippen molar-refractivity contribution in [3.05, 3.63) is 46.0 Å². The third-order valence-electron chi connectivity index (χ3n) is 3.79. The van der Waals surface area contributed by atoms with Gasteiger partial charge in [-0.15, -0.1) is 0 Å². The van der Waals surface area contributed by atoms with Crippen LogP contribution in [-0.4, -0.2) is 10.7 Å². The highest BCUT2D eigenvalue weighted by Gasteiger charge is 2.57. The molecule has 1 aliphatic carbocycles. The standard InChI is InChI=1S/C14H17NO3/c1-13(2)9-8-12(16)14(10-13,15(17)18)11-6-4-3-5-7-11/h3-7H,8-10H2,1-2H3. The van der Waals surface area contributed by atoms with E-state index in [1.807, 2.05) is 13.8 Å². The normalized spacial score (nSPS) is 26.9. The van der Waals surface area contributed by atoms with Gasteiger partial charge in [0.2, 0.25) is 5.78 Å². The van der Waals surface area contributed by atoms with Gasteiger partial charge in [-0.05, 0) is 11.8 Å². The van der Waals surface area contributed by atoms with Crippen LogP contribution in [0.4, 0.5) is 0 Å². The molecule has 0 spiro atoms. The molecule has 1 aromatic rings. The van der Waals surface area contributed by atoms with Crippen molar-refractivity contribution in [2.24, 2.45) is 5.41 Å². The molecule has 0 bridgehead atoms. The van der Waals surface area contributed by atoms with Crippen molar-refractivity contribution in [3.63, 3.8) is 0 Å². The lowest BCUT2D eigenvalue weighted by molar-refractivity contribution is -0.566. The summed E-state index contributed by atoms with van der Waals surface area (Å²) in [7, 11) is 0. The summed E-state index contributed by atoms with van der Waals surface area (Å²) < 4.78 is 0. The fraction of sp³-hybridized carbons (Fsp3) is 0.500. The number of nitrogens with zero attached hydrogens (tertiary/aromatic N) is 1. The molecular formula is C14H17NO3. The molecule has 1 aliphatic rings. The van der Waals surface area contributed by atoms with Crippen LogP contribution < -0.4 is 0 Å². The van der Waals surface area contributed by atoms with E-state index in [0.717, 1.165) is 0 Å². The van der Waals surface area contributed by atoms with Gasteiger partial charge in [-0.3, -0.25) is 14.9 Å². The van der Waals surface area contributed by atoms with Crippen molar-refractivity contribution < 1.29 is 9.72 Å². The highest BCUT2D eigenvalue weighted by atomic mass is 16.6. The van der Waals surface area contributed by atoms with E-state index in [9.17, 15) is 14.9 Å². The molecule has 1 unspecified atom stereocenters. The summed E-state index contributed by atoms with van der Waals surface area (Å²) in [5.41, 5.74) is -1.23. The molecule has 2 rings (SSSR count). The minimum absolute atomic E-state index is 0.184. The zero-order chi connectivity index (χ0) is 13.4. The summed E-state index contributed by atoms with van der Waals surface area (Å²) >= 11 is 0. The molecule has 0 aromatic heterocycles. The van der Waals surface area contributed by atoms with Crippen LogP contribution >= 0.6 is 0 Å². The number of ketones is 1. The van der Waals surface area contributed by atoms with Crippen molar-refractivity contribution in [1.82, 2.24) is 0 Å². The molecule has 1 aromatic carbocycles. The minimum Gasteiger partial charge on any atom is -0.291 e. The Kier molecular flexibility index (Phi) is 2.97. The highest BCUT2D eigenvalue weighted by Crippen LogP contribution is 2.46. The van der Waals surface area contributed by atoms with Gasteiger partial charge in [-0.25, -0.2) is 0 Å². The van der Waals surface area contributed by atoms with Gasteiger partial charge >= 0.3 is 5.54 Å². The SMILES string of the molecule is CC1(C)CCC(=O)C(c2ccccc2)([N+](=O)[O-])C1. The quantitative estimate of drug-likeness (QED) is 0.596. The van der Waals surface area contributed by atoms with Gasteiger partial charge in [0.25, 0.3) is 0 Å². The molecule has 0 amide bonds. The highest BCUT2D eigenvalue weighted by molar-refractivity contribution is 5.89. The number of benzene rings is 1. The molecule has 0 radical (unpaired) electrons. The topological polar surface area (TPSA) is 60.2 Å². The van der Waals surface area contributed by atoms with E-state index in [4.69, 9.17) is 0 Å². The van der Waals surface area contributed by atoms with Crippen LogP contribution in [0.25, 0.3) is 0 Å². The zero-order valence-electron chi connectivity index (χ0n) is 10.7. The molecule has 4 heteroatoms. The lowest BCUT2D eigenvalue weighted by Crippen LogP contribution is -2.50. The van der Waals surface area contributed by atoms with Crippen LogP contribution in [0.1, 0.15) is 38.7 Å². The van der Waals surface area contributed by atoms with E-state index >= 15 is 0 Å². The molecule has 4 nitrogen and oxygen atoms in total. The van der Waals surface area contributed by atoms with Crippen LogP contribution in [0.2, 0.25) is 0 Å². The molecule has 96 valence electrons. The van der Waals surface area contributed by atoms with Gasteiger partial charge in [-0.1, -0.05) is 44.2 Å². The van der Waals surface area contributed by atoms with Crippen molar-refractivity contribution in [3.8, 4) is 0 Å². The first-order valence-corrected chi connectivity index (χ1v) is 6.12. The van der Waals surface area contributed by atoms with Crippen LogP contribution in [0, 0.1) is 15.5 Å². The molecule has 0 N–H and O–H groups in total. The number of carbonyl (C=O) groups excluding carboxylic acids is 1. The lowest BCUT2D eigenvalue weighted by Gasteiger charge is -2.37. The maximum Gasteiger partial charge on any atom is 0.304 e. The predicted octanol–water partition coefficient (Wildman–Crippen LogP) is 2.94. The Labute approximate surface area is 106 Å². The second kappa shape index (κ2) is 4.19. The molecule has 0 saturated heterocycles. The second-order valence-electron chi connectivity index (χ2n) is 5.75. The summed E-state index contributed by atoms with van der Waals surface area (Å²) in [5.74, 6) is -0.266. The molecular weight excluding hydrogens is 230 g/mol. The van der Waals surface area contributed by atoms with Crippen LogP contribution in [0.15, 0.2) is 30.3 Å². The summed E-state index contributed by atoms with van der Waals surface area (Å²) in [6, 6.07) is 8.66. The third kappa shape index (κ3) is 1.92. The number of hydrogen-bond donors (Lipinski definition) is 0. The molecule has 1 atom stereocenters. The molecule has 0 aliphatic heterocycles. The van der Waals surface area contributed by atoms with Crippen LogP contribution in [0.5, 0.6) is 0 Å². The summed E-state index contributed by atoms with van der Waals surface area (Å²) in [6.45, 7) is 3.97. The Hall–Kier alpha value is -1.71. The van der Waals surface area contributed by atoms with Gasteiger partial charge < -0.3 is 0 Å². The predicted molar refractivity (Wildman–Crippen MR) is 67.8 cm³/mol. The molecule has 18 heavy (non-hydrogen) atoms. The molecule has 1 fully saturated rings. The fourth-order valence-electron chi connectivity index (χ4n) is 2.79. The summed E-state index contributed by atoms with van der Waals surface area (Å²) in [4.78, 5) is 23.4. The van der Waals surface area contributed by atoms with E-state index in [1.54, 1.807) is 30.3 Å². The van der Waals surface area contributed by atoms with Crippen molar-refractivity contribution in [2.45, 2.75) is 38.6 Å². The van der Waals surface area contributed by atoms with E-state index in [-0.39, 0.29) is 24.0 Å². The molecule has 0 heterocycles. The summed E-state index contributed by atoms with van der Waals surface area (Å²) in [6.07, 6.45) is 1.27. The maximum atomic E-state index is 12.2. The van der Waals surface area contributed by atoms with Gasteiger partial charge in [-0.2, -0.15) is 0 Å². The third-order valence-corrected chi connectivity index (χ3v) is 3.79. The second-order valence-corrected chi connectivity index (χ2v) is 5.75. The number of carbonyl (C=O) groups is 1. The van der Waals surface area contributed by atoms with E-state index < -0.39 is 10.5 Å². The van der Waals surface area contributed by atoms with Gasteiger partial charge in [0.15, 0.2) is 0 Å². The van der Waals surface area contributed by atoms with Crippen molar-refractivity contribution >= 4 is 5.78 Å². The van der Waals surface area contributed by atoms with Crippen molar-refractivity contribution in [2.75, 3.05) is 0 Å². The number of hydrogen-bond acceptors (Lipinski definition) is 3. The van der Waals surface area contributed by atoms with Crippen LogP contribution in [-0.2, 0) is 10.3 Å². The van der Waals surface area contributed by atoms with Gasteiger partial charge in [0.1, 0.15) is 0 Å². The maximum absolute atomic E-state index is 12.2. The summed E-state index contributed by atoms with van der Waals surface area (Å²) in [5, 5.41) is 11.6.